The number of nitrogens with two attached hydrogens (primary N) is 1. The van der Waals surface area contributed by atoms with Crippen LogP contribution >= 0.6 is 0 Å². The average Bonchev–Trinajstić information content (AvgIpc) is 2.48. The monoisotopic (exact) mass is 286 g/mol. The van der Waals surface area contributed by atoms with Gasteiger partial charge in [-0.05, 0) is 43.8 Å². The van der Waals surface area contributed by atoms with Gasteiger partial charge in [-0.3, -0.25) is 0 Å². The van der Waals surface area contributed by atoms with Gasteiger partial charge in [-0.15, -0.1) is 0 Å². The van der Waals surface area contributed by atoms with E-state index < -0.39 is 5.54 Å². The third-order valence-corrected chi connectivity index (χ3v) is 4.09. The summed E-state index contributed by atoms with van der Waals surface area (Å²) in [6.07, 6.45) is 0.760. The van der Waals surface area contributed by atoms with Gasteiger partial charge in [0.25, 0.3) is 0 Å². The minimum Gasteiger partial charge on any atom is -0.320 e. The molecule has 0 aliphatic heterocycles. The van der Waals surface area contributed by atoms with E-state index in [1.165, 1.54) is 12.1 Å². The smallest absolute Gasteiger partial charge is 0.123 e. The molecule has 0 aromatic heterocycles. The second-order valence-corrected chi connectivity index (χ2v) is 5.68. The summed E-state index contributed by atoms with van der Waals surface area (Å²) in [4.78, 5) is 2.13. The Morgan fingerprint density at radius 1 is 1.05 bits per heavy atom. The lowest BCUT2D eigenvalue weighted by atomic mass is 9.77. The number of benzene rings is 2. The van der Waals surface area contributed by atoms with Crippen LogP contribution in [0.1, 0.15) is 30.5 Å². The maximum Gasteiger partial charge on any atom is 0.123 e. The molecule has 2 unspecified atom stereocenters. The van der Waals surface area contributed by atoms with Crippen LogP contribution in [-0.4, -0.2) is 19.0 Å². The van der Waals surface area contributed by atoms with E-state index in [0.29, 0.717) is 0 Å². The van der Waals surface area contributed by atoms with Crippen molar-refractivity contribution < 1.29 is 4.39 Å². The topological polar surface area (TPSA) is 29.3 Å². The zero-order chi connectivity index (χ0) is 15.5. The minimum atomic E-state index is -0.571. The van der Waals surface area contributed by atoms with Gasteiger partial charge < -0.3 is 10.6 Å². The molecule has 3 heteroatoms. The van der Waals surface area contributed by atoms with Crippen LogP contribution in [0.2, 0.25) is 0 Å². The van der Waals surface area contributed by atoms with Gasteiger partial charge in [-0.1, -0.05) is 49.4 Å². The lowest BCUT2D eigenvalue weighted by molar-refractivity contribution is 0.171. The second kappa shape index (κ2) is 6.37. The molecule has 0 heterocycles. The summed E-state index contributed by atoms with van der Waals surface area (Å²) in [6, 6.07) is 16.8. The summed E-state index contributed by atoms with van der Waals surface area (Å²) >= 11 is 0. The summed E-state index contributed by atoms with van der Waals surface area (Å²) in [5.41, 5.74) is 8.33. The first kappa shape index (κ1) is 15.7. The Labute approximate surface area is 126 Å². The van der Waals surface area contributed by atoms with Crippen molar-refractivity contribution >= 4 is 0 Å². The zero-order valence-electron chi connectivity index (χ0n) is 12.9. The summed E-state index contributed by atoms with van der Waals surface area (Å²) < 4.78 is 13.2. The molecular formula is C18H23FN2. The highest BCUT2D eigenvalue weighted by Gasteiger charge is 2.37. The van der Waals surface area contributed by atoms with E-state index in [1.807, 2.05) is 32.3 Å². The lowest BCUT2D eigenvalue weighted by Crippen LogP contribution is -2.48. The molecule has 0 saturated heterocycles. The van der Waals surface area contributed by atoms with E-state index in [4.69, 9.17) is 5.73 Å². The first-order valence-corrected chi connectivity index (χ1v) is 7.25. The molecule has 2 nitrogen and oxygen atoms in total. The van der Waals surface area contributed by atoms with Crippen LogP contribution in [-0.2, 0) is 5.54 Å². The van der Waals surface area contributed by atoms with E-state index in [-0.39, 0.29) is 11.9 Å². The van der Waals surface area contributed by atoms with Crippen LogP contribution in [0.15, 0.2) is 54.6 Å². The van der Waals surface area contributed by atoms with Crippen LogP contribution < -0.4 is 5.73 Å². The standard InChI is InChI=1S/C18H23FN2/c1-4-18(20,15-10-12-16(19)13-11-15)17(21(2)3)14-8-6-5-7-9-14/h5-13,17H,4,20H2,1-3H3. The molecule has 2 aromatic rings. The Morgan fingerprint density at radius 3 is 2.10 bits per heavy atom. The fraction of sp³-hybridized carbons (Fsp3) is 0.333. The van der Waals surface area contributed by atoms with Crippen molar-refractivity contribution in [3.63, 3.8) is 0 Å². The van der Waals surface area contributed by atoms with Crippen molar-refractivity contribution in [3.8, 4) is 0 Å². The summed E-state index contributed by atoms with van der Waals surface area (Å²) in [6.45, 7) is 2.07. The van der Waals surface area contributed by atoms with Crippen molar-refractivity contribution in [3.05, 3.63) is 71.5 Å². The summed E-state index contributed by atoms with van der Waals surface area (Å²) in [5.74, 6) is -0.238. The fourth-order valence-electron chi connectivity index (χ4n) is 3.01. The maximum absolute atomic E-state index is 13.2. The predicted molar refractivity (Wildman–Crippen MR) is 85.4 cm³/mol. The van der Waals surface area contributed by atoms with E-state index in [2.05, 4.69) is 24.0 Å². The van der Waals surface area contributed by atoms with Gasteiger partial charge in [-0.2, -0.15) is 0 Å². The third kappa shape index (κ3) is 3.14. The number of hydrogen-bond acceptors (Lipinski definition) is 2. The first-order valence-electron chi connectivity index (χ1n) is 7.25. The van der Waals surface area contributed by atoms with Crippen LogP contribution in [0.3, 0.4) is 0 Å². The van der Waals surface area contributed by atoms with Crippen molar-refractivity contribution in [1.82, 2.24) is 4.90 Å². The van der Waals surface area contributed by atoms with E-state index >= 15 is 0 Å². The molecule has 2 atom stereocenters. The molecule has 0 radical (unpaired) electrons. The van der Waals surface area contributed by atoms with Crippen molar-refractivity contribution in [1.29, 1.82) is 0 Å². The predicted octanol–water partition coefficient (Wildman–Crippen LogP) is 3.69. The van der Waals surface area contributed by atoms with Crippen LogP contribution in [0.5, 0.6) is 0 Å². The van der Waals surface area contributed by atoms with Crippen molar-refractivity contribution in [2.45, 2.75) is 24.9 Å². The largest absolute Gasteiger partial charge is 0.320 e. The zero-order valence-corrected chi connectivity index (χ0v) is 12.9. The fourth-order valence-corrected chi connectivity index (χ4v) is 3.01. The van der Waals surface area contributed by atoms with Crippen LogP contribution in [0.25, 0.3) is 0 Å². The van der Waals surface area contributed by atoms with Crippen LogP contribution in [0.4, 0.5) is 4.39 Å². The SMILES string of the molecule is CCC(N)(c1ccc(F)cc1)C(c1ccccc1)N(C)C. The molecule has 0 fully saturated rings. The molecule has 0 spiro atoms. The van der Waals surface area contributed by atoms with Gasteiger partial charge in [0.1, 0.15) is 5.82 Å². The van der Waals surface area contributed by atoms with Crippen molar-refractivity contribution in [2.24, 2.45) is 5.73 Å². The Morgan fingerprint density at radius 2 is 1.62 bits per heavy atom. The van der Waals surface area contributed by atoms with Gasteiger partial charge in [0.05, 0.1) is 11.6 Å². The van der Waals surface area contributed by atoms with Gasteiger partial charge >= 0.3 is 0 Å². The summed E-state index contributed by atoms with van der Waals surface area (Å²) in [7, 11) is 4.05. The highest BCUT2D eigenvalue weighted by Crippen LogP contribution is 2.38. The minimum absolute atomic E-state index is 0.0224. The Bertz CT molecular complexity index is 566. The molecule has 112 valence electrons. The second-order valence-electron chi connectivity index (χ2n) is 5.68. The molecule has 0 aliphatic carbocycles. The Hall–Kier alpha value is -1.71. The van der Waals surface area contributed by atoms with E-state index in [0.717, 1.165) is 17.5 Å². The molecule has 2 N–H and O–H groups in total. The molecule has 0 bridgehead atoms. The highest BCUT2D eigenvalue weighted by atomic mass is 19.1. The quantitative estimate of drug-likeness (QED) is 0.908. The Kier molecular flexibility index (Phi) is 4.76. The highest BCUT2D eigenvalue weighted by molar-refractivity contribution is 5.32. The van der Waals surface area contributed by atoms with E-state index in [9.17, 15) is 4.39 Å². The average molecular weight is 286 g/mol. The molecule has 0 aliphatic rings. The maximum atomic E-state index is 13.2. The van der Waals surface area contributed by atoms with Crippen molar-refractivity contribution in [2.75, 3.05) is 14.1 Å². The van der Waals surface area contributed by atoms with Gasteiger partial charge in [-0.25, -0.2) is 4.39 Å². The first-order chi connectivity index (χ1) is 9.99. The Balaban J connectivity index is 2.51. The number of nitrogens with zero attached hydrogens (tertiary/aromatic N) is 1. The van der Waals surface area contributed by atoms with Gasteiger partial charge in [0.2, 0.25) is 0 Å². The van der Waals surface area contributed by atoms with Gasteiger partial charge in [0, 0.05) is 0 Å². The number of likely N-dealkylation sites (N-methyl/N-ethyl adjacent to an activating group) is 1. The molecular weight excluding hydrogens is 263 g/mol. The normalized spacial score (nSPS) is 15.7. The molecule has 0 amide bonds. The molecule has 2 rings (SSSR count). The molecule has 0 saturated carbocycles. The number of halogens is 1. The molecule has 21 heavy (non-hydrogen) atoms. The van der Waals surface area contributed by atoms with Gasteiger partial charge in [0.15, 0.2) is 0 Å². The van der Waals surface area contributed by atoms with E-state index in [1.54, 1.807) is 12.1 Å². The third-order valence-electron chi connectivity index (χ3n) is 4.09. The van der Waals surface area contributed by atoms with Crippen LogP contribution in [0, 0.1) is 5.82 Å². The number of rotatable bonds is 5. The molecule has 2 aromatic carbocycles. The summed E-state index contributed by atoms with van der Waals surface area (Å²) in [5, 5.41) is 0. The lowest BCUT2D eigenvalue weighted by Gasteiger charge is -2.41. The number of hydrogen-bond donors (Lipinski definition) is 1.